The summed E-state index contributed by atoms with van der Waals surface area (Å²) in [5.41, 5.74) is 0.954. The van der Waals surface area contributed by atoms with Crippen molar-refractivity contribution in [2.24, 2.45) is 0 Å². The molecule has 4 amide bonds. The first kappa shape index (κ1) is 24.1. The lowest BCUT2D eigenvalue weighted by atomic mass is 10.1. The van der Waals surface area contributed by atoms with Gasteiger partial charge in [-0.25, -0.2) is 18.5 Å². The van der Waals surface area contributed by atoms with Crippen LogP contribution in [0, 0.1) is 11.6 Å². The van der Waals surface area contributed by atoms with Gasteiger partial charge in [0.1, 0.15) is 23.8 Å². The Hall–Kier alpha value is -4.05. The lowest BCUT2D eigenvalue weighted by Crippen LogP contribution is -2.54. The fourth-order valence-electron chi connectivity index (χ4n) is 3.35. The molecule has 178 valence electrons. The number of hydrogen-bond donors (Lipinski definition) is 1. The average molecular weight is 543 g/mol. The number of barbiturate groups is 1. The van der Waals surface area contributed by atoms with Crippen LogP contribution >= 0.6 is 15.9 Å². The third-order valence-electron chi connectivity index (χ3n) is 5.05. The van der Waals surface area contributed by atoms with Gasteiger partial charge >= 0.3 is 6.03 Å². The van der Waals surface area contributed by atoms with E-state index in [0.717, 1.165) is 22.6 Å². The van der Waals surface area contributed by atoms with Gasteiger partial charge in [-0.15, -0.1) is 0 Å². The molecule has 1 aliphatic heterocycles. The molecule has 0 bridgehead atoms. The van der Waals surface area contributed by atoms with Gasteiger partial charge in [-0.05, 0) is 81.7 Å². The van der Waals surface area contributed by atoms with Crippen LogP contribution in [0.15, 0.2) is 70.7 Å². The first-order valence-electron chi connectivity index (χ1n) is 10.2. The molecule has 0 aliphatic carbocycles. The number of hydrogen-bond acceptors (Lipinski definition) is 5. The number of rotatable bonds is 6. The molecule has 3 aromatic carbocycles. The third kappa shape index (κ3) is 5.22. The Bertz CT molecular complexity index is 1340. The Morgan fingerprint density at radius 1 is 0.971 bits per heavy atom. The van der Waals surface area contributed by atoms with Crippen LogP contribution in [0.25, 0.3) is 6.08 Å². The van der Waals surface area contributed by atoms with E-state index in [0.29, 0.717) is 21.5 Å². The van der Waals surface area contributed by atoms with Crippen LogP contribution in [0.4, 0.5) is 19.3 Å². The zero-order valence-corrected chi connectivity index (χ0v) is 19.8. The number of ether oxygens (including phenoxy) is 2. The molecular weight excluding hydrogens is 526 g/mol. The summed E-state index contributed by atoms with van der Waals surface area (Å²) in [4.78, 5) is 38.5. The summed E-state index contributed by atoms with van der Waals surface area (Å²) < 4.78 is 38.1. The fraction of sp³-hybridized carbons (Fsp3) is 0.0800. The maximum Gasteiger partial charge on any atom is 0.335 e. The number of benzene rings is 3. The molecule has 1 N–H and O–H groups in total. The van der Waals surface area contributed by atoms with E-state index in [9.17, 15) is 23.2 Å². The lowest BCUT2D eigenvalue weighted by Gasteiger charge is -2.26. The predicted molar refractivity (Wildman–Crippen MR) is 127 cm³/mol. The summed E-state index contributed by atoms with van der Waals surface area (Å²) in [6.45, 7) is 0.144. The molecule has 3 aromatic rings. The van der Waals surface area contributed by atoms with Gasteiger partial charge < -0.3 is 9.47 Å². The molecule has 7 nitrogen and oxygen atoms in total. The Kier molecular flexibility index (Phi) is 6.92. The van der Waals surface area contributed by atoms with Crippen LogP contribution in [-0.4, -0.2) is 25.0 Å². The fourth-order valence-corrected chi connectivity index (χ4v) is 3.92. The van der Waals surface area contributed by atoms with Crippen molar-refractivity contribution in [3.63, 3.8) is 0 Å². The van der Waals surface area contributed by atoms with E-state index in [-0.39, 0.29) is 23.7 Å². The SMILES string of the molecule is COc1cc(/C=C2\C(=O)NC(=O)N(c3ccc(F)cc3)C2=O)cc(Br)c1OCc1ccc(F)cc1. The number of amides is 4. The minimum atomic E-state index is -0.938. The monoisotopic (exact) mass is 542 g/mol. The van der Waals surface area contributed by atoms with Crippen LogP contribution in [0.1, 0.15) is 11.1 Å². The van der Waals surface area contributed by atoms with Crippen molar-refractivity contribution in [1.29, 1.82) is 0 Å². The zero-order chi connectivity index (χ0) is 25.1. The van der Waals surface area contributed by atoms with Gasteiger partial charge in [0.2, 0.25) is 0 Å². The van der Waals surface area contributed by atoms with Crippen LogP contribution in [-0.2, 0) is 16.2 Å². The summed E-state index contributed by atoms with van der Waals surface area (Å²) in [7, 11) is 1.43. The standard InChI is InChI=1S/C25H17BrF2N2O5/c1-34-21-12-15(11-20(26)22(21)35-13-14-2-4-16(27)5-3-14)10-19-23(31)29-25(33)30(24(19)32)18-8-6-17(28)7-9-18/h2-12H,13H2,1H3,(H,29,31,33)/b19-10+. The summed E-state index contributed by atoms with van der Waals surface area (Å²) >= 11 is 3.40. The number of urea groups is 1. The Morgan fingerprint density at radius 3 is 2.23 bits per heavy atom. The van der Waals surface area contributed by atoms with Crippen molar-refractivity contribution < 1.29 is 32.6 Å². The molecule has 35 heavy (non-hydrogen) atoms. The van der Waals surface area contributed by atoms with Gasteiger partial charge in [0.15, 0.2) is 11.5 Å². The Labute approximate surface area is 207 Å². The maximum atomic E-state index is 13.3. The highest BCUT2D eigenvalue weighted by molar-refractivity contribution is 9.10. The van der Waals surface area contributed by atoms with Crippen molar-refractivity contribution in [2.45, 2.75) is 6.61 Å². The van der Waals surface area contributed by atoms with Crippen LogP contribution in [0.3, 0.4) is 0 Å². The number of halogens is 3. The van der Waals surface area contributed by atoms with E-state index in [2.05, 4.69) is 21.2 Å². The molecule has 0 aromatic heterocycles. The molecule has 0 spiro atoms. The van der Waals surface area contributed by atoms with Gasteiger partial charge in [0.05, 0.1) is 17.3 Å². The van der Waals surface area contributed by atoms with Crippen LogP contribution in [0.5, 0.6) is 11.5 Å². The summed E-state index contributed by atoms with van der Waals surface area (Å²) in [5, 5.41) is 2.11. The largest absolute Gasteiger partial charge is 0.493 e. The second kappa shape index (κ2) is 10.1. The van der Waals surface area contributed by atoms with Gasteiger partial charge in [-0.3, -0.25) is 14.9 Å². The first-order chi connectivity index (χ1) is 16.8. The summed E-state index contributed by atoms with van der Waals surface area (Å²) in [5.74, 6) is -1.96. The van der Waals surface area contributed by atoms with Crippen molar-refractivity contribution in [3.8, 4) is 11.5 Å². The number of methoxy groups -OCH3 is 1. The highest BCUT2D eigenvalue weighted by Gasteiger charge is 2.36. The number of carbonyl (C=O) groups excluding carboxylic acids is 3. The van der Waals surface area contributed by atoms with E-state index in [1.807, 2.05) is 0 Å². The van der Waals surface area contributed by atoms with E-state index in [4.69, 9.17) is 9.47 Å². The number of imide groups is 2. The summed E-state index contributed by atoms with van der Waals surface area (Å²) in [6.07, 6.45) is 1.30. The topological polar surface area (TPSA) is 84.9 Å². The predicted octanol–water partition coefficient (Wildman–Crippen LogP) is 4.98. The summed E-state index contributed by atoms with van der Waals surface area (Å²) in [6, 6.07) is 12.8. The molecule has 0 saturated carbocycles. The van der Waals surface area contributed by atoms with E-state index in [1.165, 1.54) is 37.5 Å². The molecule has 10 heteroatoms. The van der Waals surface area contributed by atoms with Gasteiger partial charge in [0.25, 0.3) is 11.8 Å². The van der Waals surface area contributed by atoms with E-state index in [1.54, 1.807) is 24.3 Å². The number of nitrogens with zero attached hydrogens (tertiary/aromatic N) is 1. The highest BCUT2D eigenvalue weighted by Crippen LogP contribution is 2.38. The molecule has 4 rings (SSSR count). The molecule has 1 fully saturated rings. The lowest BCUT2D eigenvalue weighted by molar-refractivity contribution is -0.122. The molecular formula is C25H17BrF2N2O5. The van der Waals surface area contributed by atoms with Crippen molar-refractivity contribution >= 4 is 45.5 Å². The molecule has 1 aliphatic rings. The maximum absolute atomic E-state index is 13.3. The number of carbonyl (C=O) groups is 3. The van der Waals surface area contributed by atoms with Crippen LogP contribution in [0.2, 0.25) is 0 Å². The second-order valence-corrected chi connectivity index (χ2v) is 8.24. The number of anilines is 1. The van der Waals surface area contributed by atoms with E-state index < -0.39 is 23.7 Å². The quantitative estimate of drug-likeness (QED) is 0.350. The van der Waals surface area contributed by atoms with Crippen molar-refractivity contribution in [1.82, 2.24) is 5.32 Å². The average Bonchev–Trinajstić information content (AvgIpc) is 2.83. The number of nitrogens with one attached hydrogen (secondary N) is 1. The second-order valence-electron chi connectivity index (χ2n) is 7.38. The Balaban J connectivity index is 1.63. The van der Waals surface area contributed by atoms with Gasteiger partial charge in [-0.1, -0.05) is 12.1 Å². The molecule has 0 radical (unpaired) electrons. The third-order valence-corrected chi connectivity index (χ3v) is 5.63. The van der Waals surface area contributed by atoms with Gasteiger partial charge in [0, 0.05) is 0 Å². The highest BCUT2D eigenvalue weighted by atomic mass is 79.9. The molecule has 1 saturated heterocycles. The molecule has 0 unspecified atom stereocenters. The van der Waals surface area contributed by atoms with Crippen LogP contribution < -0.4 is 19.7 Å². The smallest absolute Gasteiger partial charge is 0.335 e. The molecule has 1 heterocycles. The Morgan fingerprint density at radius 2 is 1.60 bits per heavy atom. The van der Waals surface area contributed by atoms with Crippen molar-refractivity contribution in [3.05, 3.63) is 93.5 Å². The zero-order valence-electron chi connectivity index (χ0n) is 18.2. The normalized spacial score (nSPS) is 14.8. The minimum Gasteiger partial charge on any atom is -0.493 e. The first-order valence-corrected chi connectivity index (χ1v) is 11.0. The van der Waals surface area contributed by atoms with E-state index >= 15 is 0 Å². The van der Waals surface area contributed by atoms with Gasteiger partial charge in [-0.2, -0.15) is 0 Å². The molecule has 0 atom stereocenters. The van der Waals surface area contributed by atoms with Crippen molar-refractivity contribution in [2.75, 3.05) is 12.0 Å². The minimum absolute atomic E-state index is 0.107.